The first-order valence-electron chi connectivity index (χ1n) is 5.19. The van der Waals surface area contributed by atoms with Crippen molar-refractivity contribution in [2.75, 3.05) is 13.1 Å². The summed E-state index contributed by atoms with van der Waals surface area (Å²) in [5.41, 5.74) is 2.31. The highest BCUT2D eigenvalue weighted by Gasteiger charge is 2.20. The second-order valence-corrected chi connectivity index (χ2v) is 4.90. The van der Waals surface area contributed by atoms with E-state index in [4.69, 9.17) is 0 Å². The maximum Gasteiger partial charge on any atom is 0.227 e. The van der Waals surface area contributed by atoms with Gasteiger partial charge in [0.25, 0.3) is 0 Å². The standard InChI is InChI=1S/C12H14BrNO/c1-9-7-11(13)4-3-10(9)8-12(15)14-5-2-6-14/h3-4,7H,2,5-6,8H2,1H3. The van der Waals surface area contributed by atoms with Gasteiger partial charge >= 0.3 is 0 Å². The molecule has 1 aliphatic heterocycles. The van der Waals surface area contributed by atoms with Crippen LogP contribution in [0, 0.1) is 6.92 Å². The average Bonchev–Trinajstić information content (AvgIpc) is 2.07. The summed E-state index contributed by atoms with van der Waals surface area (Å²) in [5.74, 6) is 0.256. The van der Waals surface area contributed by atoms with Crippen LogP contribution in [0.5, 0.6) is 0 Å². The second kappa shape index (κ2) is 4.35. The smallest absolute Gasteiger partial charge is 0.227 e. The summed E-state index contributed by atoms with van der Waals surface area (Å²) in [7, 11) is 0. The summed E-state index contributed by atoms with van der Waals surface area (Å²) in [4.78, 5) is 13.7. The molecule has 0 saturated carbocycles. The summed E-state index contributed by atoms with van der Waals surface area (Å²) >= 11 is 3.42. The number of nitrogens with zero attached hydrogens (tertiary/aromatic N) is 1. The van der Waals surface area contributed by atoms with Gasteiger partial charge in [-0.1, -0.05) is 22.0 Å². The highest BCUT2D eigenvalue weighted by atomic mass is 79.9. The zero-order valence-corrected chi connectivity index (χ0v) is 10.4. The summed E-state index contributed by atoms with van der Waals surface area (Å²) in [6.07, 6.45) is 1.70. The quantitative estimate of drug-likeness (QED) is 0.807. The molecule has 2 nitrogen and oxygen atoms in total. The van der Waals surface area contributed by atoms with Gasteiger partial charge < -0.3 is 4.90 Å². The molecule has 1 aromatic carbocycles. The third-order valence-electron chi connectivity index (χ3n) is 2.86. The van der Waals surface area contributed by atoms with Crippen molar-refractivity contribution in [1.82, 2.24) is 4.90 Å². The highest BCUT2D eigenvalue weighted by Crippen LogP contribution is 2.18. The zero-order chi connectivity index (χ0) is 10.8. The molecule has 80 valence electrons. The Labute approximate surface area is 98.4 Å². The fourth-order valence-electron chi connectivity index (χ4n) is 1.70. The minimum Gasteiger partial charge on any atom is -0.342 e. The number of hydrogen-bond donors (Lipinski definition) is 0. The summed E-state index contributed by atoms with van der Waals surface area (Å²) in [6, 6.07) is 6.07. The summed E-state index contributed by atoms with van der Waals surface area (Å²) in [5, 5.41) is 0. The van der Waals surface area contributed by atoms with Gasteiger partial charge in [0.2, 0.25) is 5.91 Å². The van der Waals surface area contributed by atoms with Crippen LogP contribution in [0.1, 0.15) is 17.5 Å². The molecule has 3 heteroatoms. The Morgan fingerprint density at radius 2 is 2.20 bits per heavy atom. The van der Waals surface area contributed by atoms with Crippen LogP contribution in [0.3, 0.4) is 0 Å². The molecule has 1 heterocycles. The molecule has 0 N–H and O–H groups in total. The molecule has 1 saturated heterocycles. The lowest BCUT2D eigenvalue weighted by atomic mass is 10.0. The summed E-state index contributed by atoms with van der Waals surface area (Å²) < 4.78 is 1.07. The first-order valence-corrected chi connectivity index (χ1v) is 5.99. The fourth-order valence-corrected chi connectivity index (χ4v) is 2.17. The van der Waals surface area contributed by atoms with E-state index in [1.165, 1.54) is 5.56 Å². The lowest BCUT2D eigenvalue weighted by molar-refractivity contribution is -0.133. The first-order chi connectivity index (χ1) is 7.16. The number of carbonyl (C=O) groups excluding carboxylic acids is 1. The number of amides is 1. The molecule has 1 aromatic rings. The van der Waals surface area contributed by atoms with Gasteiger partial charge in [0.05, 0.1) is 6.42 Å². The van der Waals surface area contributed by atoms with E-state index in [1.807, 2.05) is 24.0 Å². The van der Waals surface area contributed by atoms with E-state index in [2.05, 4.69) is 22.0 Å². The number of likely N-dealkylation sites (tertiary alicyclic amines) is 1. The van der Waals surface area contributed by atoms with Gasteiger partial charge in [-0.2, -0.15) is 0 Å². The maximum absolute atomic E-state index is 11.7. The van der Waals surface area contributed by atoms with E-state index in [0.29, 0.717) is 6.42 Å². The lowest BCUT2D eigenvalue weighted by Crippen LogP contribution is -2.42. The Balaban J connectivity index is 2.06. The van der Waals surface area contributed by atoms with Gasteiger partial charge in [-0.15, -0.1) is 0 Å². The molecule has 0 aliphatic carbocycles. The van der Waals surface area contributed by atoms with Crippen LogP contribution in [0.15, 0.2) is 22.7 Å². The predicted octanol–water partition coefficient (Wildman–Crippen LogP) is 2.53. The molecule has 0 unspecified atom stereocenters. The Kier molecular flexibility index (Phi) is 3.10. The SMILES string of the molecule is Cc1cc(Br)ccc1CC(=O)N1CCC1. The Morgan fingerprint density at radius 3 is 2.73 bits per heavy atom. The molecule has 0 aromatic heterocycles. The normalized spacial score (nSPS) is 14.9. The Hall–Kier alpha value is -0.830. The second-order valence-electron chi connectivity index (χ2n) is 3.98. The van der Waals surface area contributed by atoms with Crippen molar-refractivity contribution in [2.24, 2.45) is 0 Å². The first kappa shape index (κ1) is 10.7. The third kappa shape index (κ3) is 2.40. The summed E-state index contributed by atoms with van der Waals surface area (Å²) in [6.45, 7) is 3.92. The minimum absolute atomic E-state index is 0.256. The van der Waals surface area contributed by atoms with E-state index < -0.39 is 0 Å². The molecule has 0 atom stereocenters. The van der Waals surface area contributed by atoms with Crippen molar-refractivity contribution in [2.45, 2.75) is 19.8 Å². The van der Waals surface area contributed by atoms with Crippen LogP contribution >= 0.6 is 15.9 Å². The number of rotatable bonds is 2. The topological polar surface area (TPSA) is 20.3 Å². The molecule has 15 heavy (non-hydrogen) atoms. The van der Waals surface area contributed by atoms with Gasteiger partial charge in [0.15, 0.2) is 0 Å². The largest absolute Gasteiger partial charge is 0.342 e. The average molecular weight is 268 g/mol. The molecule has 1 aliphatic rings. The van der Waals surface area contributed by atoms with E-state index in [0.717, 1.165) is 29.5 Å². The molecule has 0 spiro atoms. The van der Waals surface area contributed by atoms with Crippen LogP contribution in [-0.2, 0) is 11.2 Å². The van der Waals surface area contributed by atoms with Gasteiger partial charge in [-0.25, -0.2) is 0 Å². The molecule has 2 rings (SSSR count). The van der Waals surface area contributed by atoms with E-state index >= 15 is 0 Å². The van der Waals surface area contributed by atoms with Crippen LogP contribution in [0.4, 0.5) is 0 Å². The predicted molar refractivity (Wildman–Crippen MR) is 63.8 cm³/mol. The van der Waals surface area contributed by atoms with Crippen molar-refractivity contribution >= 4 is 21.8 Å². The number of carbonyl (C=O) groups is 1. The van der Waals surface area contributed by atoms with Crippen LogP contribution < -0.4 is 0 Å². The molecule has 0 bridgehead atoms. The van der Waals surface area contributed by atoms with Gasteiger partial charge in [0, 0.05) is 17.6 Å². The van der Waals surface area contributed by atoms with Gasteiger partial charge in [0.1, 0.15) is 0 Å². The van der Waals surface area contributed by atoms with Crippen molar-refractivity contribution in [3.8, 4) is 0 Å². The molecule has 1 amide bonds. The van der Waals surface area contributed by atoms with Crippen molar-refractivity contribution in [3.05, 3.63) is 33.8 Å². The fraction of sp³-hybridized carbons (Fsp3) is 0.417. The number of hydrogen-bond acceptors (Lipinski definition) is 1. The van der Waals surface area contributed by atoms with Gasteiger partial charge in [-0.05, 0) is 36.6 Å². The number of aryl methyl sites for hydroxylation is 1. The van der Waals surface area contributed by atoms with E-state index in [-0.39, 0.29) is 5.91 Å². The van der Waals surface area contributed by atoms with Crippen LogP contribution in [0.25, 0.3) is 0 Å². The molecule has 0 radical (unpaired) electrons. The Bertz CT molecular complexity index is 385. The maximum atomic E-state index is 11.7. The monoisotopic (exact) mass is 267 g/mol. The van der Waals surface area contributed by atoms with Gasteiger partial charge in [-0.3, -0.25) is 4.79 Å². The molecular formula is C12H14BrNO. The zero-order valence-electron chi connectivity index (χ0n) is 8.79. The van der Waals surface area contributed by atoms with Crippen molar-refractivity contribution in [3.63, 3.8) is 0 Å². The lowest BCUT2D eigenvalue weighted by Gasteiger charge is -2.31. The number of halogens is 1. The molecule has 1 fully saturated rings. The third-order valence-corrected chi connectivity index (χ3v) is 3.35. The highest BCUT2D eigenvalue weighted by molar-refractivity contribution is 9.10. The van der Waals surface area contributed by atoms with Crippen molar-refractivity contribution < 1.29 is 4.79 Å². The Morgan fingerprint density at radius 1 is 1.47 bits per heavy atom. The van der Waals surface area contributed by atoms with Crippen LogP contribution in [-0.4, -0.2) is 23.9 Å². The van der Waals surface area contributed by atoms with Crippen molar-refractivity contribution in [1.29, 1.82) is 0 Å². The van der Waals surface area contributed by atoms with E-state index in [9.17, 15) is 4.79 Å². The van der Waals surface area contributed by atoms with E-state index in [1.54, 1.807) is 0 Å². The minimum atomic E-state index is 0.256. The van der Waals surface area contributed by atoms with Crippen LogP contribution in [0.2, 0.25) is 0 Å². The number of benzene rings is 1. The molecular weight excluding hydrogens is 254 g/mol.